The van der Waals surface area contributed by atoms with Crippen LogP contribution in [0, 0.1) is 54.3 Å². The lowest BCUT2D eigenvalue weighted by atomic mass is 9.71. The third-order valence-corrected chi connectivity index (χ3v) is 23.1. The van der Waals surface area contributed by atoms with Crippen LogP contribution in [0.5, 0.6) is 28.7 Å². The molecule has 4 saturated heterocycles. The summed E-state index contributed by atoms with van der Waals surface area (Å²) in [6.45, 7) is 13.3. The van der Waals surface area contributed by atoms with Crippen LogP contribution in [0.15, 0.2) is 102 Å². The standard InChI is InChI=1S/C89H119N5O13/c1-8-11-14-17-20-23-26-29-32-35-49-104-75-56-65(57-76(105-50-36-33-30-27-24-21-18-15-12-9-2)82(75)106-51-37-34-31-28-25-22-19-16-13-10-3)83(97)90-81-73(39-38-40-74(81)94-87(101)72-54-63(52-62(6)80(72)89(94)103)69-58-77(95)91(7)84(69)98)93-78(96)59-70(85(93)99)64-53-61(5)79-71(55-64)86(100)92(88(79)102)66-43-47-68(48-44-66)107-67-45-41-60(4)42-46-67/h38-48,52-53,56-57,63-64,69-72,79-80H,8-37,49-51,54-55,58-59H2,1-7H3,(H,90,97). The molecule has 107 heavy (non-hydrogen) atoms. The molecule has 10 rings (SSSR count). The van der Waals surface area contributed by atoms with Crippen LogP contribution in [0.4, 0.5) is 22.7 Å². The van der Waals surface area contributed by atoms with Crippen molar-refractivity contribution in [3.63, 3.8) is 0 Å². The van der Waals surface area contributed by atoms with Gasteiger partial charge in [-0.2, -0.15) is 0 Å². The second-order valence-corrected chi connectivity index (χ2v) is 31.2. The van der Waals surface area contributed by atoms with E-state index in [0.29, 0.717) is 65.4 Å². The van der Waals surface area contributed by atoms with Gasteiger partial charge in [0.05, 0.1) is 78.1 Å². The molecule has 4 fully saturated rings. The molecular weight excluding hydrogens is 1350 g/mol. The zero-order chi connectivity index (χ0) is 75.9. The van der Waals surface area contributed by atoms with Crippen LogP contribution < -0.4 is 39.0 Å². The molecule has 8 unspecified atom stereocenters. The van der Waals surface area contributed by atoms with Crippen LogP contribution in [-0.2, 0) is 38.4 Å². The summed E-state index contributed by atoms with van der Waals surface area (Å²) in [5.74, 6) is -8.86. The summed E-state index contributed by atoms with van der Waals surface area (Å²) in [6, 6.07) is 22.2. The van der Waals surface area contributed by atoms with E-state index in [2.05, 4.69) is 26.1 Å². The van der Waals surface area contributed by atoms with Gasteiger partial charge in [0.25, 0.3) is 5.91 Å². The van der Waals surface area contributed by atoms with E-state index in [1.54, 1.807) is 50.2 Å². The van der Waals surface area contributed by atoms with E-state index in [4.69, 9.17) is 18.9 Å². The van der Waals surface area contributed by atoms with Crippen LogP contribution in [0.2, 0.25) is 0 Å². The highest BCUT2D eigenvalue weighted by Gasteiger charge is 2.57. The van der Waals surface area contributed by atoms with Crippen LogP contribution in [-0.4, -0.2) is 84.9 Å². The molecular formula is C89H119N5O13. The Morgan fingerprint density at radius 3 is 1.25 bits per heavy atom. The van der Waals surface area contributed by atoms with Gasteiger partial charge in [0.2, 0.25) is 53.0 Å². The maximum Gasteiger partial charge on any atom is 0.256 e. The van der Waals surface area contributed by atoms with Gasteiger partial charge in [0, 0.05) is 25.5 Å². The van der Waals surface area contributed by atoms with E-state index in [-0.39, 0.29) is 66.0 Å². The van der Waals surface area contributed by atoms with Crippen molar-refractivity contribution in [3.05, 3.63) is 113 Å². The molecule has 9 amide bonds. The van der Waals surface area contributed by atoms with Crippen LogP contribution in [0.1, 0.15) is 269 Å². The summed E-state index contributed by atoms with van der Waals surface area (Å²) < 4.78 is 26.3. The molecule has 4 aromatic rings. The minimum absolute atomic E-state index is 0.0284. The van der Waals surface area contributed by atoms with Gasteiger partial charge in [-0.15, -0.1) is 0 Å². The molecule has 2 aliphatic carbocycles. The smallest absolute Gasteiger partial charge is 0.256 e. The predicted octanol–water partition coefficient (Wildman–Crippen LogP) is 19.7. The Labute approximate surface area is 635 Å². The Bertz CT molecular complexity index is 3760. The summed E-state index contributed by atoms with van der Waals surface area (Å²) in [7, 11) is 1.45. The fourth-order valence-electron chi connectivity index (χ4n) is 17.0. The Hall–Kier alpha value is -8.41. The maximum atomic E-state index is 15.8. The van der Waals surface area contributed by atoms with Crippen LogP contribution >= 0.6 is 0 Å². The lowest BCUT2D eigenvalue weighted by Crippen LogP contribution is -2.36. The summed E-state index contributed by atoms with van der Waals surface area (Å²) in [5.41, 5.74) is 2.40. The number of hydrogen-bond acceptors (Lipinski definition) is 13. The number of likely N-dealkylation sites (tertiary alicyclic amines) is 1. The third kappa shape index (κ3) is 20.5. The van der Waals surface area contributed by atoms with Gasteiger partial charge in [0.15, 0.2) is 11.5 Å². The summed E-state index contributed by atoms with van der Waals surface area (Å²) in [4.78, 5) is 137. The monoisotopic (exact) mass is 1470 g/mol. The number of allylic oxidation sites excluding steroid dienone is 2. The quantitative estimate of drug-likeness (QED) is 0.0248. The van der Waals surface area contributed by atoms with Crippen molar-refractivity contribution in [3.8, 4) is 28.7 Å². The number of unbranched alkanes of at least 4 members (excludes halogenated alkanes) is 27. The minimum atomic E-state index is -1.01. The Kier molecular flexibility index (Phi) is 30.4. The molecule has 4 heterocycles. The fourth-order valence-corrected chi connectivity index (χ4v) is 17.0. The first-order valence-electron chi connectivity index (χ1n) is 41.1. The Balaban J connectivity index is 0.951. The van der Waals surface area contributed by atoms with Gasteiger partial charge >= 0.3 is 0 Å². The van der Waals surface area contributed by atoms with Crippen molar-refractivity contribution < 1.29 is 62.1 Å². The van der Waals surface area contributed by atoms with Gasteiger partial charge in [-0.25, -0.2) is 14.7 Å². The molecule has 4 aliphatic heterocycles. The molecule has 8 atom stereocenters. The molecule has 0 spiro atoms. The zero-order valence-corrected chi connectivity index (χ0v) is 65.0. The topological polar surface area (TPSA) is 216 Å². The molecule has 0 saturated carbocycles. The second-order valence-electron chi connectivity index (χ2n) is 31.2. The highest BCUT2D eigenvalue weighted by Crippen LogP contribution is 2.52. The molecule has 4 aromatic carbocycles. The summed E-state index contributed by atoms with van der Waals surface area (Å²) >= 11 is 0. The highest BCUT2D eigenvalue weighted by molar-refractivity contribution is 6.29. The molecule has 578 valence electrons. The van der Waals surface area contributed by atoms with Gasteiger partial charge in [0.1, 0.15) is 11.5 Å². The molecule has 6 aliphatic rings. The van der Waals surface area contributed by atoms with Gasteiger partial charge in [-0.3, -0.25) is 48.1 Å². The van der Waals surface area contributed by atoms with Gasteiger partial charge in [-0.1, -0.05) is 241 Å². The SMILES string of the molecule is CCCCCCCCCCCCOc1cc(C(=O)Nc2c(N3C(=O)CC(C4C=C(C)C5C(=O)N(c6ccc(Oc7ccc(C)cc7)cc6)C(=O)C5C4)C3=O)cccc2N2C(=O)C3CC(C4CC(=O)N(C)C4=O)C=C(C)C3C2=O)cc(OCCCCCCCCCCCC)c1OCCCCCCCCCCCC. The number of nitrogens with zero attached hydrogens (tertiary/aromatic N) is 4. The van der Waals surface area contributed by atoms with Crippen molar-refractivity contribution in [1.29, 1.82) is 0 Å². The van der Waals surface area contributed by atoms with E-state index in [1.807, 2.05) is 43.3 Å². The number of ether oxygens (including phenoxy) is 4. The van der Waals surface area contributed by atoms with Crippen molar-refractivity contribution in [2.24, 2.45) is 47.3 Å². The number of nitrogens with one attached hydrogen (secondary N) is 1. The van der Waals surface area contributed by atoms with E-state index in [0.717, 1.165) is 97.3 Å². The molecule has 0 aromatic heterocycles. The number of amides is 9. The normalized spacial score (nSPS) is 21.4. The Morgan fingerprint density at radius 1 is 0.421 bits per heavy atom. The number of rotatable bonds is 45. The molecule has 18 heteroatoms. The van der Waals surface area contributed by atoms with Gasteiger partial charge in [-0.05, 0) is 125 Å². The van der Waals surface area contributed by atoms with E-state index >= 15 is 24.0 Å². The van der Waals surface area contributed by atoms with E-state index in [1.165, 1.54) is 146 Å². The first kappa shape index (κ1) is 81.1. The number of anilines is 4. The van der Waals surface area contributed by atoms with Crippen molar-refractivity contribution in [1.82, 2.24) is 4.90 Å². The minimum Gasteiger partial charge on any atom is -0.490 e. The predicted molar refractivity (Wildman–Crippen MR) is 420 cm³/mol. The average molecular weight is 1470 g/mol. The fraction of sp³-hybridized carbons (Fsp3) is 0.584. The van der Waals surface area contributed by atoms with Crippen molar-refractivity contribution in [2.75, 3.05) is 46.9 Å². The second kappa shape index (κ2) is 40.1. The number of imide groups is 4. The van der Waals surface area contributed by atoms with Crippen molar-refractivity contribution >= 4 is 75.9 Å². The number of carbonyl (C=O) groups excluding carboxylic acids is 9. The first-order chi connectivity index (χ1) is 51.9. The first-order valence-corrected chi connectivity index (χ1v) is 41.1. The molecule has 1 N–H and O–H groups in total. The van der Waals surface area contributed by atoms with Gasteiger partial charge < -0.3 is 24.3 Å². The lowest BCUT2D eigenvalue weighted by Gasteiger charge is -2.30. The molecule has 0 radical (unpaired) electrons. The molecule has 18 nitrogen and oxygen atoms in total. The average Bonchev–Trinajstić information content (AvgIpc) is 1.59. The van der Waals surface area contributed by atoms with E-state index < -0.39 is 82.8 Å². The Morgan fingerprint density at radius 2 is 0.804 bits per heavy atom. The number of carbonyl (C=O) groups is 9. The van der Waals surface area contributed by atoms with Crippen molar-refractivity contribution in [2.45, 2.75) is 260 Å². The summed E-state index contributed by atoms with van der Waals surface area (Å²) in [6.07, 6.45) is 37.8. The van der Waals surface area contributed by atoms with Crippen LogP contribution in [0.25, 0.3) is 0 Å². The largest absolute Gasteiger partial charge is 0.490 e. The number of benzene rings is 4. The molecule has 0 bridgehead atoms. The van der Waals surface area contributed by atoms with E-state index in [9.17, 15) is 19.2 Å². The summed E-state index contributed by atoms with van der Waals surface area (Å²) in [5, 5.41) is 3.07. The number of aryl methyl sites for hydroxylation is 1. The third-order valence-electron chi connectivity index (χ3n) is 23.1. The zero-order valence-electron chi connectivity index (χ0n) is 65.0. The number of hydrogen-bond donors (Lipinski definition) is 1. The number of para-hydroxylation sites is 1. The highest BCUT2D eigenvalue weighted by atomic mass is 16.5. The van der Waals surface area contributed by atoms with Crippen LogP contribution in [0.3, 0.4) is 0 Å². The number of fused-ring (bicyclic) bond motifs is 2. The maximum absolute atomic E-state index is 15.8. The lowest BCUT2D eigenvalue weighted by molar-refractivity contribution is -0.138.